The van der Waals surface area contributed by atoms with Crippen LogP contribution in [0.5, 0.6) is 0 Å². The first-order chi connectivity index (χ1) is 9.46. The van der Waals surface area contributed by atoms with E-state index in [9.17, 15) is 4.79 Å². The number of aromatic nitrogens is 3. The smallest absolute Gasteiger partial charge is 0.293 e. The quantitative estimate of drug-likeness (QED) is 0.792. The van der Waals surface area contributed by atoms with Crippen molar-refractivity contribution >= 4 is 5.91 Å². The van der Waals surface area contributed by atoms with Crippen LogP contribution in [0.3, 0.4) is 0 Å². The molecular formula is C14H25N5O. The Morgan fingerprint density at radius 1 is 1.50 bits per heavy atom. The van der Waals surface area contributed by atoms with E-state index >= 15 is 0 Å². The van der Waals surface area contributed by atoms with Crippen LogP contribution < -0.4 is 5.73 Å². The topological polar surface area (TPSA) is 87.9 Å². The number of carbonyl (C=O) groups excluding carboxylic acids is 1. The SMILES string of the molecule is CCCN(CC(C)(C)CN)C(=O)c1n[nH]c(C2CC2)n1. The van der Waals surface area contributed by atoms with Crippen molar-refractivity contribution in [3.8, 4) is 0 Å². The molecule has 1 aliphatic carbocycles. The van der Waals surface area contributed by atoms with E-state index in [4.69, 9.17) is 5.73 Å². The van der Waals surface area contributed by atoms with E-state index in [0.29, 0.717) is 25.6 Å². The lowest BCUT2D eigenvalue weighted by Gasteiger charge is -2.31. The zero-order valence-corrected chi connectivity index (χ0v) is 12.6. The van der Waals surface area contributed by atoms with Crippen LogP contribution in [-0.4, -0.2) is 45.6 Å². The van der Waals surface area contributed by atoms with Crippen molar-refractivity contribution < 1.29 is 4.79 Å². The number of hydrogen-bond donors (Lipinski definition) is 2. The Kier molecular flexibility index (Phi) is 4.42. The van der Waals surface area contributed by atoms with Gasteiger partial charge in [-0.1, -0.05) is 20.8 Å². The van der Waals surface area contributed by atoms with Gasteiger partial charge in [0.25, 0.3) is 5.91 Å². The minimum absolute atomic E-state index is 0.0968. The standard InChI is InChI=1S/C14H25N5O/c1-4-7-19(9-14(2,3)8-15)13(20)12-16-11(17-18-12)10-5-6-10/h10H,4-9,15H2,1-3H3,(H,16,17,18). The Labute approximate surface area is 120 Å². The molecule has 6 heteroatoms. The fraction of sp³-hybridized carbons (Fsp3) is 0.786. The summed E-state index contributed by atoms with van der Waals surface area (Å²) in [5, 5.41) is 6.97. The number of nitrogens with one attached hydrogen (secondary N) is 1. The summed E-state index contributed by atoms with van der Waals surface area (Å²) in [5.74, 6) is 1.51. The average molecular weight is 279 g/mol. The van der Waals surface area contributed by atoms with Crippen molar-refractivity contribution in [2.75, 3.05) is 19.6 Å². The molecule has 20 heavy (non-hydrogen) atoms. The van der Waals surface area contributed by atoms with Crippen molar-refractivity contribution in [1.82, 2.24) is 20.1 Å². The highest BCUT2D eigenvalue weighted by Crippen LogP contribution is 2.37. The van der Waals surface area contributed by atoms with Gasteiger partial charge in [-0.2, -0.15) is 0 Å². The van der Waals surface area contributed by atoms with Crippen LogP contribution in [0.4, 0.5) is 0 Å². The second-order valence-electron chi connectivity index (χ2n) is 6.41. The van der Waals surface area contributed by atoms with Crippen molar-refractivity contribution in [2.45, 2.75) is 46.0 Å². The summed E-state index contributed by atoms with van der Waals surface area (Å²) in [6.07, 6.45) is 3.19. The van der Waals surface area contributed by atoms with Crippen LogP contribution >= 0.6 is 0 Å². The fourth-order valence-corrected chi connectivity index (χ4v) is 2.15. The van der Waals surface area contributed by atoms with E-state index in [1.54, 1.807) is 0 Å². The molecule has 0 bridgehead atoms. The van der Waals surface area contributed by atoms with Crippen LogP contribution in [0.25, 0.3) is 0 Å². The number of H-pyrrole nitrogens is 1. The third kappa shape index (κ3) is 3.56. The second-order valence-corrected chi connectivity index (χ2v) is 6.41. The van der Waals surface area contributed by atoms with Gasteiger partial charge in [-0.15, -0.1) is 5.10 Å². The minimum atomic E-state index is -0.100. The van der Waals surface area contributed by atoms with Gasteiger partial charge in [-0.05, 0) is 31.2 Å². The Morgan fingerprint density at radius 3 is 2.75 bits per heavy atom. The molecule has 1 aliphatic rings. The molecule has 0 aromatic carbocycles. The summed E-state index contributed by atoms with van der Waals surface area (Å²) in [6.45, 7) is 8.07. The first kappa shape index (κ1) is 15.0. The van der Waals surface area contributed by atoms with Gasteiger partial charge >= 0.3 is 0 Å². The molecule has 2 rings (SSSR count). The minimum Gasteiger partial charge on any atom is -0.335 e. The van der Waals surface area contributed by atoms with Gasteiger partial charge in [-0.25, -0.2) is 4.98 Å². The maximum atomic E-state index is 12.5. The molecule has 0 spiro atoms. The lowest BCUT2D eigenvalue weighted by atomic mass is 9.93. The lowest BCUT2D eigenvalue weighted by Crippen LogP contribution is -2.42. The maximum Gasteiger partial charge on any atom is 0.293 e. The van der Waals surface area contributed by atoms with E-state index in [2.05, 4.69) is 36.0 Å². The van der Waals surface area contributed by atoms with Gasteiger partial charge < -0.3 is 10.6 Å². The van der Waals surface area contributed by atoms with Gasteiger partial charge in [0.15, 0.2) is 0 Å². The largest absolute Gasteiger partial charge is 0.335 e. The molecule has 1 saturated carbocycles. The Bertz CT molecular complexity index is 464. The third-order valence-corrected chi connectivity index (χ3v) is 3.61. The third-order valence-electron chi connectivity index (χ3n) is 3.61. The van der Waals surface area contributed by atoms with Crippen molar-refractivity contribution in [2.24, 2.45) is 11.1 Å². The normalized spacial score (nSPS) is 15.4. The zero-order valence-electron chi connectivity index (χ0n) is 12.6. The molecule has 6 nitrogen and oxygen atoms in total. The van der Waals surface area contributed by atoms with Crippen LogP contribution in [0.1, 0.15) is 62.4 Å². The molecule has 0 radical (unpaired) electrons. The second kappa shape index (κ2) is 5.91. The monoisotopic (exact) mass is 279 g/mol. The average Bonchev–Trinajstić information content (AvgIpc) is 3.15. The Hall–Kier alpha value is -1.43. The molecule has 0 aliphatic heterocycles. The highest BCUT2D eigenvalue weighted by atomic mass is 16.2. The first-order valence-corrected chi connectivity index (χ1v) is 7.38. The number of aromatic amines is 1. The van der Waals surface area contributed by atoms with Crippen molar-refractivity contribution in [3.63, 3.8) is 0 Å². The molecular weight excluding hydrogens is 254 g/mol. The molecule has 1 heterocycles. The molecule has 0 atom stereocenters. The van der Waals surface area contributed by atoms with Crippen molar-refractivity contribution in [3.05, 3.63) is 11.6 Å². The van der Waals surface area contributed by atoms with E-state index in [1.807, 2.05) is 4.90 Å². The number of amides is 1. The van der Waals surface area contributed by atoms with Crippen LogP contribution in [0.2, 0.25) is 0 Å². The highest BCUT2D eigenvalue weighted by molar-refractivity contribution is 5.90. The van der Waals surface area contributed by atoms with Gasteiger partial charge in [-0.3, -0.25) is 9.89 Å². The van der Waals surface area contributed by atoms with Gasteiger partial charge in [0, 0.05) is 19.0 Å². The first-order valence-electron chi connectivity index (χ1n) is 7.38. The highest BCUT2D eigenvalue weighted by Gasteiger charge is 2.30. The molecule has 1 aromatic rings. The summed E-state index contributed by atoms with van der Waals surface area (Å²) in [7, 11) is 0. The molecule has 3 N–H and O–H groups in total. The van der Waals surface area contributed by atoms with Crippen LogP contribution in [0, 0.1) is 5.41 Å². The number of hydrogen-bond acceptors (Lipinski definition) is 4. The molecule has 1 aromatic heterocycles. The number of carbonyl (C=O) groups is 1. The summed E-state index contributed by atoms with van der Waals surface area (Å²) in [6, 6.07) is 0. The maximum absolute atomic E-state index is 12.5. The van der Waals surface area contributed by atoms with Crippen molar-refractivity contribution in [1.29, 1.82) is 0 Å². The van der Waals surface area contributed by atoms with Gasteiger partial charge in [0.2, 0.25) is 5.82 Å². The fourth-order valence-electron chi connectivity index (χ4n) is 2.15. The molecule has 112 valence electrons. The van der Waals surface area contributed by atoms with E-state index < -0.39 is 0 Å². The lowest BCUT2D eigenvalue weighted by molar-refractivity contribution is 0.0677. The van der Waals surface area contributed by atoms with Crippen LogP contribution in [-0.2, 0) is 0 Å². The Balaban J connectivity index is 2.08. The summed E-state index contributed by atoms with van der Waals surface area (Å²) in [4.78, 5) is 18.7. The zero-order chi connectivity index (χ0) is 14.8. The molecule has 0 saturated heterocycles. The predicted molar refractivity (Wildman–Crippen MR) is 77.4 cm³/mol. The number of nitrogens with two attached hydrogens (primary N) is 1. The van der Waals surface area contributed by atoms with Gasteiger partial charge in [0.1, 0.15) is 5.82 Å². The number of nitrogens with zero attached hydrogens (tertiary/aromatic N) is 3. The Morgan fingerprint density at radius 2 is 2.20 bits per heavy atom. The van der Waals surface area contributed by atoms with Crippen LogP contribution in [0.15, 0.2) is 0 Å². The molecule has 1 amide bonds. The van der Waals surface area contributed by atoms with Gasteiger partial charge in [0.05, 0.1) is 0 Å². The van der Waals surface area contributed by atoms with E-state index in [1.165, 1.54) is 0 Å². The summed E-state index contributed by atoms with van der Waals surface area (Å²) >= 11 is 0. The number of rotatable bonds is 7. The molecule has 0 unspecified atom stereocenters. The summed E-state index contributed by atoms with van der Waals surface area (Å²) < 4.78 is 0. The van der Waals surface area contributed by atoms with E-state index in [0.717, 1.165) is 25.1 Å². The predicted octanol–water partition coefficient (Wildman–Crippen LogP) is 1.52. The molecule has 1 fully saturated rings. The summed E-state index contributed by atoms with van der Waals surface area (Å²) in [5.41, 5.74) is 5.67. The van der Waals surface area contributed by atoms with E-state index in [-0.39, 0.29) is 17.1 Å².